The predicted molar refractivity (Wildman–Crippen MR) is 176 cm³/mol. The number of pyridine rings is 1. The van der Waals surface area contributed by atoms with E-state index in [4.69, 9.17) is 4.98 Å². The lowest BCUT2D eigenvalue weighted by atomic mass is 9.76. The maximum atomic E-state index is 5.66. The summed E-state index contributed by atoms with van der Waals surface area (Å²) in [4.78, 5) is 5.66. The molecule has 0 spiro atoms. The molecule has 2 aromatic heterocycles. The zero-order valence-electron chi connectivity index (χ0n) is 25.6. The zero-order chi connectivity index (χ0) is 28.9. The molecule has 0 atom stereocenters. The third kappa shape index (κ3) is 4.64. The van der Waals surface area contributed by atoms with Crippen molar-refractivity contribution in [2.24, 2.45) is 11.8 Å². The first-order valence-corrected chi connectivity index (χ1v) is 15.2. The first-order chi connectivity index (χ1) is 19.7. The second-order valence-electron chi connectivity index (χ2n) is 13.1. The molecule has 0 fully saturated rings. The Labute approximate surface area is 245 Å². The summed E-state index contributed by atoms with van der Waals surface area (Å²) in [7, 11) is 0. The number of para-hydroxylation sites is 1. The Morgan fingerprint density at radius 1 is 0.659 bits per heavy atom. The summed E-state index contributed by atoms with van der Waals surface area (Å²) >= 11 is 0. The molecule has 0 aliphatic carbocycles. The smallest absolute Gasteiger partial charge is 0.146 e. The van der Waals surface area contributed by atoms with Crippen LogP contribution in [0.4, 0.5) is 0 Å². The van der Waals surface area contributed by atoms with Gasteiger partial charge in [-0.25, -0.2) is 4.98 Å². The van der Waals surface area contributed by atoms with Gasteiger partial charge < -0.3 is 0 Å². The van der Waals surface area contributed by atoms with Gasteiger partial charge in [-0.1, -0.05) is 126 Å². The lowest BCUT2D eigenvalue weighted by Crippen LogP contribution is -2.22. The van der Waals surface area contributed by atoms with Crippen molar-refractivity contribution in [2.75, 3.05) is 0 Å². The molecule has 2 heteroatoms. The molecular formula is C39H42N2. The summed E-state index contributed by atoms with van der Waals surface area (Å²) in [5.74, 6) is 1.10. The van der Waals surface area contributed by atoms with Gasteiger partial charge in [0, 0.05) is 21.8 Å². The SMILES string of the molecule is Cc1ccccc1C(C)(C)c1nc2c3ccccc3c3ccccc3n2c1-c1c(CC(C)C)cccc1CC(C)C. The Bertz CT molecular complexity index is 1860. The fourth-order valence-corrected chi connectivity index (χ4v) is 6.89. The number of hydrogen-bond donors (Lipinski definition) is 0. The molecule has 6 aromatic rings. The lowest BCUT2D eigenvalue weighted by molar-refractivity contribution is 0.617. The van der Waals surface area contributed by atoms with Crippen LogP contribution in [0, 0.1) is 18.8 Å². The van der Waals surface area contributed by atoms with Crippen LogP contribution in [0.15, 0.2) is 91.0 Å². The van der Waals surface area contributed by atoms with Crippen molar-refractivity contribution >= 4 is 27.3 Å². The highest BCUT2D eigenvalue weighted by Gasteiger charge is 2.34. The van der Waals surface area contributed by atoms with E-state index in [1.807, 2.05) is 0 Å². The molecule has 2 nitrogen and oxygen atoms in total. The van der Waals surface area contributed by atoms with Crippen molar-refractivity contribution in [1.82, 2.24) is 9.38 Å². The summed E-state index contributed by atoms with van der Waals surface area (Å²) in [6, 6.07) is 33.4. The molecule has 0 aliphatic rings. The molecule has 0 bridgehead atoms. The van der Waals surface area contributed by atoms with Crippen LogP contribution in [0.5, 0.6) is 0 Å². The van der Waals surface area contributed by atoms with Gasteiger partial charge in [-0.3, -0.25) is 4.40 Å². The Balaban J connectivity index is 1.86. The van der Waals surface area contributed by atoms with Crippen LogP contribution in [0.3, 0.4) is 0 Å². The molecule has 6 rings (SSSR count). The molecule has 0 saturated heterocycles. The molecule has 0 amide bonds. The van der Waals surface area contributed by atoms with E-state index in [1.54, 1.807) is 0 Å². The van der Waals surface area contributed by atoms with Crippen molar-refractivity contribution in [3.63, 3.8) is 0 Å². The van der Waals surface area contributed by atoms with Gasteiger partial charge in [0.2, 0.25) is 0 Å². The Hall–Kier alpha value is -3.91. The average Bonchev–Trinajstić information content (AvgIpc) is 3.34. The summed E-state index contributed by atoms with van der Waals surface area (Å²) in [6.45, 7) is 16.3. The molecule has 0 aliphatic heterocycles. The van der Waals surface area contributed by atoms with Gasteiger partial charge in [0.15, 0.2) is 0 Å². The van der Waals surface area contributed by atoms with Gasteiger partial charge in [-0.05, 0) is 65.3 Å². The summed E-state index contributed by atoms with van der Waals surface area (Å²) < 4.78 is 2.50. The van der Waals surface area contributed by atoms with E-state index in [9.17, 15) is 0 Å². The van der Waals surface area contributed by atoms with Crippen LogP contribution in [-0.4, -0.2) is 9.38 Å². The highest BCUT2D eigenvalue weighted by molar-refractivity contribution is 6.12. The van der Waals surface area contributed by atoms with E-state index in [-0.39, 0.29) is 5.41 Å². The minimum Gasteiger partial charge on any atom is -0.291 e. The lowest BCUT2D eigenvalue weighted by Gasteiger charge is -2.28. The van der Waals surface area contributed by atoms with Crippen molar-refractivity contribution in [1.29, 1.82) is 0 Å². The Morgan fingerprint density at radius 2 is 1.22 bits per heavy atom. The number of aromatic nitrogens is 2. The van der Waals surface area contributed by atoms with Gasteiger partial charge in [-0.2, -0.15) is 0 Å². The van der Waals surface area contributed by atoms with E-state index in [2.05, 4.69) is 144 Å². The highest BCUT2D eigenvalue weighted by Crippen LogP contribution is 2.45. The van der Waals surface area contributed by atoms with E-state index in [0.29, 0.717) is 11.8 Å². The van der Waals surface area contributed by atoms with Crippen LogP contribution in [-0.2, 0) is 18.3 Å². The van der Waals surface area contributed by atoms with Crippen LogP contribution in [0.1, 0.15) is 69.5 Å². The summed E-state index contributed by atoms with van der Waals surface area (Å²) in [5, 5.41) is 3.72. The summed E-state index contributed by atoms with van der Waals surface area (Å²) in [5.41, 5.74) is 11.2. The van der Waals surface area contributed by atoms with Crippen LogP contribution >= 0.6 is 0 Å². The van der Waals surface area contributed by atoms with E-state index >= 15 is 0 Å². The van der Waals surface area contributed by atoms with Crippen LogP contribution < -0.4 is 0 Å². The first kappa shape index (κ1) is 27.3. The number of nitrogens with zero attached hydrogens (tertiary/aromatic N) is 2. The monoisotopic (exact) mass is 538 g/mol. The number of imidazole rings is 1. The van der Waals surface area contributed by atoms with Crippen molar-refractivity contribution in [3.8, 4) is 11.3 Å². The van der Waals surface area contributed by atoms with Gasteiger partial charge in [-0.15, -0.1) is 0 Å². The molecule has 0 unspecified atom stereocenters. The van der Waals surface area contributed by atoms with Crippen LogP contribution in [0.25, 0.3) is 38.6 Å². The van der Waals surface area contributed by atoms with Gasteiger partial charge in [0.05, 0.1) is 16.9 Å². The minimum atomic E-state index is -0.311. The van der Waals surface area contributed by atoms with Crippen LogP contribution in [0.2, 0.25) is 0 Å². The maximum absolute atomic E-state index is 5.66. The zero-order valence-corrected chi connectivity index (χ0v) is 25.6. The molecule has 4 aromatic carbocycles. The maximum Gasteiger partial charge on any atom is 0.146 e. The first-order valence-electron chi connectivity index (χ1n) is 15.2. The average molecular weight is 539 g/mol. The topological polar surface area (TPSA) is 17.3 Å². The van der Waals surface area contributed by atoms with Gasteiger partial charge in [0.25, 0.3) is 0 Å². The molecule has 2 heterocycles. The Kier molecular flexibility index (Phi) is 6.98. The second-order valence-corrected chi connectivity index (χ2v) is 13.1. The van der Waals surface area contributed by atoms with Crippen molar-refractivity contribution in [3.05, 3.63) is 119 Å². The third-order valence-electron chi connectivity index (χ3n) is 8.62. The van der Waals surface area contributed by atoms with Gasteiger partial charge in [0.1, 0.15) is 5.65 Å². The van der Waals surface area contributed by atoms with E-state index in [0.717, 1.165) is 24.2 Å². The van der Waals surface area contributed by atoms with E-state index in [1.165, 1.54) is 55.2 Å². The third-order valence-corrected chi connectivity index (χ3v) is 8.62. The molecule has 41 heavy (non-hydrogen) atoms. The molecule has 0 N–H and O–H groups in total. The molecule has 208 valence electrons. The fraction of sp³-hybridized carbons (Fsp3) is 0.308. The predicted octanol–water partition coefficient (Wildman–Crippen LogP) is 10.3. The normalized spacial score (nSPS) is 12.4. The summed E-state index contributed by atoms with van der Waals surface area (Å²) in [6.07, 6.45) is 2.06. The van der Waals surface area contributed by atoms with Gasteiger partial charge >= 0.3 is 0 Å². The molecule has 0 radical (unpaired) electrons. The number of aryl methyl sites for hydroxylation is 1. The number of benzene rings is 4. The van der Waals surface area contributed by atoms with Crippen molar-refractivity contribution in [2.45, 2.75) is 66.7 Å². The number of rotatable bonds is 7. The quantitative estimate of drug-likeness (QED) is 0.185. The number of fused-ring (bicyclic) bond motifs is 6. The second kappa shape index (κ2) is 10.5. The minimum absolute atomic E-state index is 0.311. The highest BCUT2D eigenvalue weighted by atomic mass is 15.0. The molecular weight excluding hydrogens is 496 g/mol. The number of hydrogen-bond acceptors (Lipinski definition) is 1. The van der Waals surface area contributed by atoms with Crippen molar-refractivity contribution < 1.29 is 0 Å². The standard InChI is InChI=1S/C39H42N2/c1-25(2)23-28-16-14-17-29(24-26(3)4)35(28)36-37(39(6,7)33-21-12-8-15-27(33)5)40-38-32-20-10-9-18-30(32)31-19-11-13-22-34(31)41(36)38/h8-22,25-26H,23-24H2,1-7H3. The Morgan fingerprint density at radius 3 is 1.85 bits per heavy atom. The van der Waals surface area contributed by atoms with E-state index < -0.39 is 0 Å². The fourth-order valence-electron chi connectivity index (χ4n) is 6.89. The largest absolute Gasteiger partial charge is 0.291 e. The molecule has 0 saturated carbocycles.